The van der Waals surface area contributed by atoms with E-state index in [1.54, 1.807) is 12.3 Å². The number of halogens is 1. The van der Waals surface area contributed by atoms with E-state index in [1.165, 1.54) is 0 Å². The van der Waals surface area contributed by atoms with Crippen molar-refractivity contribution < 1.29 is 4.79 Å². The topological polar surface area (TPSA) is 46.4 Å². The van der Waals surface area contributed by atoms with E-state index >= 15 is 0 Å². The minimum atomic E-state index is -0.219. The number of nitrogens with one attached hydrogen (secondary N) is 1. The maximum Gasteiger partial charge on any atom is 0.271 e. The Kier molecular flexibility index (Phi) is 5.47. The van der Waals surface area contributed by atoms with E-state index in [1.807, 2.05) is 63.2 Å². The van der Waals surface area contributed by atoms with Gasteiger partial charge >= 0.3 is 0 Å². The molecule has 138 valence electrons. The van der Waals surface area contributed by atoms with Crippen LogP contribution in [0.3, 0.4) is 0 Å². The van der Waals surface area contributed by atoms with E-state index in [-0.39, 0.29) is 5.91 Å². The van der Waals surface area contributed by atoms with Gasteiger partial charge in [-0.25, -0.2) is 5.43 Å². The molecule has 1 aromatic heterocycles. The summed E-state index contributed by atoms with van der Waals surface area (Å²) in [6.07, 6.45) is 1.68. The monoisotopic (exact) mass is 379 g/mol. The highest BCUT2D eigenvalue weighted by Crippen LogP contribution is 2.25. The third-order valence-corrected chi connectivity index (χ3v) is 4.88. The molecule has 5 heteroatoms. The molecule has 0 aliphatic carbocycles. The van der Waals surface area contributed by atoms with Gasteiger partial charge in [0.2, 0.25) is 0 Å². The Morgan fingerprint density at radius 2 is 1.78 bits per heavy atom. The van der Waals surface area contributed by atoms with Crippen LogP contribution >= 0.6 is 11.6 Å². The van der Waals surface area contributed by atoms with E-state index in [9.17, 15) is 4.79 Å². The molecule has 0 aliphatic heterocycles. The van der Waals surface area contributed by atoms with Gasteiger partial charge in [0, 0.05) is 33.2 Å². The van der Waals surface area contributed by atoms with Crippen molar-refractivity contribution in [2.45, 2.75) is 27.7 Å². The van der Waals surface area contributed by atoms with Crippen LogP contribution in [0.2, 0.25) is 5.02 Å². The van der Waals surface area contributed by atoms with Gasteiger partial charge in [0.25, 0.3) is 5.91 Å². The van der Waals surface area contributed by atoms with Crippen molar-refractivity contribution in [3.05, 3.63) is 87.2 Å². The van der Waals surface area contributed by atoms with Gasteiger partial charge in [-0.2, -0.15) is 5.10 Å². The van der Waals surface area contributed by atoms with Crippen molar-refractivity contribution in [2.24, 2.45) is 5.10 Å². The van der Waals surface area contributed by atoms with Crippen molar-refractivity contribution in [3.63, 3.8) is 0 Å². The fraction of sp³-hybridized carbons (Fsp3) is 0.182. The molecular formula is C22H22ClN3O. The smallest absolute Gasteiger partial charge is 0.271 e. The molecule has 0 unspecified atom stereocenters. The summed E-state index contributed by atoms with van der Waals surface area (Å²) in [5.74, 6) is -0.219. The summed E-state index contributed by atoms with van der Waals surface area (Å²) in [7, 11) is 0. The predicted octanol–water partition coefficient (Wildman–Crippen LogP) is 5.13. The van der Waals surface area contributed by atoms with E-state index in [0.717, 1.165) is 33.8 Å². The van der Waals surface area contributed by atoms with E-state index in [0.29, 0.717) is 10.6 Å². The molecule has 2 aromatic carbocycles. The van der Waals surface area contributed by atoms with Crippen molar-refractivity contribution in [2.75, 3.05) is 0 Å². The van der Waals surface area contributed by atoms with Gasteiger partial charge in [-0.1, -0.05) is 35.9 Å². The normalized spacial score (nSPS) is 11.1. The molecule has 0 fully saturated rings. The highest BCUT2D eigenvalue weighted by molar-refractivity contribution is 6.30. The molecule has 27 heavy (non-hydrogen) atoms. The fourth-order valence-corrected chi connectivity index (χ4v) is 3.33. The fourth-order valence-electron chi connectivity index (χ4n) is 3.16. The van der Waals surface area contributed by atoms with Crippen LogP contribution in [-0.2, 0) is 0 Å². The number of rotatable bonds is 4. The molecule has 0 spiro atoms. The van der Waals surface area contributed by atoms with Crippen LogP contribution in [0.15, 0.2) is 53.6 Å². The standard InChI is InChI=1S/C22H22ClN3O/c1-14-7-5-6-8-20(14)22(27)25-24-13-18-11-16(3)26(17(18)4)21-12-19(23)10-9-15(21)2/h5-13H,1-4H3,(H,25,27)/b24-13-. The minimum Gasteiger partial charge on any atom is -0.318 e. The minimum absolute atomic E-state index is 0.219. The highest BCUT2D eigenvalue weighted by Gasteiger charge is 2.12. The SMILES string of the molecule is Cc1ccccc1C(=O)N/N=C\c1cc(C)n(-c2cc(Cl)ccc2C)c1C. The van der Waals surface area contributed by atoms with Crippen LogP contribution in [0, 0.1) is 27.7 Å². The van der Waals surface area contributed by atoms with Gasteiger partial charge in [0.05, 0.1) is 6.21 Å². The molecule has 0 aliphatic rings. The molecule has 0 atom stereocenters. The molecule has 4 nitrogen and oxygen atoms in total. The largest absolute Gasteiger partial charge is 0.318 e. The molecule has 0 saturated heterocycles. The Labute approximate surface area is 164 Å². The Balaban J connectivity index is 1.85. The quantitative estimate of drug-likeness (QED) is 0.495. The molecule has 0 saturated carbocycles. The number of aryl methyl sites for hydroxylation is 3. The maximum absolute atomic E-state index is 12.3. The summed E-state index contributed by atoms with van der Waals surface area (Å²) in [5, 5.41) is 4.84. The predicted molar refractivity (Wildman–Crippen MR) is 111 cm³/mol. The zero-order chi connectivity index (χ0) is 19.6. The van der Waals surface area contributed by atoms with Crippen molar-refractivity contribution >= 4 is 23.7 Å². The number of nitrogens with zero attached hydrogens (tertiary/aromatic N) is 2. The summed E-state index contributed by atoms with van der Waals surface area (Å²) in [6, 6.07) is 15.3. The average molecular weight is 380 g/mol. The summed E-state index contributed by atoms with van der Waals surface area (Å²) in [6.45, 7) is 8.02. The van der Waals surface area contributed by atoms with Crippen LogP contribution in [0.5, 0.6) is 0 Å². The third-order valence-electron chi connectivity index (χ3n) is 4.64. The van der Waals surface area contributed by atoms with Gasteiger partial charge < -0.3 is 4.57 Å². The zero-order valence-corrected chi connectivity index (χ0v) is 16.6. The first-order valence-electron chi connectivity index (χ1n) is 8.73. The molecule has 3 rings (SSSR count). The van der Waals surface area contributed by atoms with Crippen LogP contribution < -0.4 is 5.43 Å². The van der Waals surface area contributed by atoms with Gasteiger partial charge in [0.1, 0.15) is 0 Å². The first-order chi connectivity index (χ1) is 12.9. The number of hydrogen-bond acceptors (Lipinski definition) is 2. The number of benzene rings is 2. The van der Waals surface area contributed by atoms with Gasteiger partial charge in [-0.05, 0) is 63.1 Å². The third kappa shape index (κ3) is 3.96. The number of amides is 1. The molecule has 0 radical (unpaired) electrons. The second kappa shape index (κ2) is 7.80. The summed E-state index contributed by atoms with van der Waals surface area (Å²) in [4.78, 5) is 12.3. The zero-order valence-electron chi connectivity index (χ0n) is 15.9. The van der Waals surface area contributed by atoms with Gasteiger partial charge in [-0.3, -0.25) is 4.79 Å². The lowest BCUT2D eigenvalue weighted by Gasteiger charge is -2.13. The number of aromatic nitrogens is 1. The lowest BCUT2D eigenvalue weighted by Crippen LogP contribution is -2.18. The summed E-state index contributed by atoms with van der Waals surface area (Å²) >= 11 is 6.18. The Hall–Kier alpha value is -2.85. The molecule has 1 N–H and O–H groups in total. The molecule has 1 amide bonds. The maximum atomic E-state index is 12.3. The molecule has 3 aromatic rings. The first kappa shape index (κ1) is 18.9. The number of hydrogen-bond donors (Lipinski definition) is 1. The Morgan fingerprint density at radius 1 is 1.04 bits per heavy atom. The van der Waals surface area contributed by atoms with Crippen molar-refractivity contribution in [3.8, 4) is 5.69 Å². The van der Waals surface area contributed by atoms with Gasteiger partial charge in [-0.15, -0.1) is 0 Å². The van der Waals surface area contributed by atoms with E-state index < -0.39 is 0 Å². The van der Waals surface area contributed by atoms with Crippen molar-refractivity contribution in [1.82, 2.24) is 9.99 Å². The molecule has 0 bridgehead atoms. The Morgan fingerprint density at radius 3 is 2.52 bits per heavy atom. The van der Waals surface area contributed by atoms with Gasteiger partial charge in [0.15, 0.2) is 0 Å². The number of carbonyl (C=O) groups is 1. The van der Waals surface area contributed by atoms with Crippen LogP contribution in [-0.4, -0.2) is 16.7 Å². The summed E-state index contributed by atoms with van der Waals surface area (Å²) < 4.78 is 2.14. The lowest BCUT2D eigenvalue weighted by molar-refractivity contribution is 0.0954. The van der Waals surface area contributed by atoms with E-state index in [2.05, 4.69) is 22.0 Å². The van der Waals surface area contributed by atoms with Crippen molar-refractivity contribution in [1.29, 1.82) is 0 Å². The average Bonchev–Trinajstić information content (AvgIpc) is 2.91. The Bertz CT molecular complexity index is 1030. The van der Waals surface area contributed by atoms with Crippen LogP contribution in [0.1, 0.15) is 38.4 Å². The molecule has 1 heterocycles. The first-order valence-corrected chi connectivity index (χ1v) is 9.11. The second-order valence-corrected chi connectivity index (χ2v) is 7.04. The van der Waals surface area contributed by atoms with E-state index in [4.69, 9.17) is 11.6 Å². The lowest BCUT2D eigenvalue weighted by atomic mass is 10.1. The summed E-state index contributed by atoms with van der Waals surface area (Å²) in [5.41, 5.74) is 9.37. The van der Waals surface area contributed by atoms with Crippen LogP contribution in [0.25, 0.3) is 5.69 Å². The van der Waals surface area contributed by atoms with Crippen LogP contribution in [0.4, 0.5) is 0 Å². The molecular weight excluding hydrogens is 358 g/mol. The highest BCUT2D eigenvalue weighted by atomic mass is 35.5. The second-order valence-electron chi connectivity index (χ2n) is 6.61. The number of carbonyl (C=O) groups excluding carboxylic acids is 1. The number of hydrazone groups is 1.